The van der Waals surface area contributed by atoms with Gasteiger partial charge in [-0.15, -0.1) is 0 Å². The average molecular weight is 228 g/mol. The Kier molecular flexibility index (Phi) is 2.86. The molecule has 0 amide bonds. The van der Waals surface area contributed by atoms with Crippen molar-refractivity contribution in [2.45, 2.75) is 11.7 Å². The van der Waals surface area contributed by atoms with Gasteiger partial charge in [0.1, 0.15) is 0 Å². The van der Waals surface area contributed by atoms with Crippen LogP contribution in [0.1, 0.15) is 12.5 Å². The van der Waals surface area contributed by atoms with Crippen molar-refractivity contribution in [3.05, 3.63) is 35.9 Å². The van der Waals surface area contributed by atoms with E-state index in [2.05, 4.69) is 0 Å². The second kappa shape index (κ2) is 3.66. The topological polar surface area (TPSA) is 71.4 Å². The quantitative estimate of drug-likeness (QED) is 0.838. The van der Waals surface area contributed by atoms with Gasteiger partial charge < -0.3 is 5.11 Å². The minimum absolute atomic E-state index is 0.264. The third-order valence-electron chi connectivity index (χ3n) is 2.47. The number of benzene rings is 1. The summed E-state index contributed by atoms with van der Waals surface area (Å²) in [6, 6.07) is 7.92. The first-order chi connectivity index (χ1) is 6.80. The molecular weight excluding hydrogens is 216 g/mol. The molecule has 0 radical (unpaired) electrons. The number of carbonyl (C=O) groups is 1. The van der Waals surface area contributed by atoms with Gasteiger partial charge in [-0.3, -0.25) is 4.79 Å². The predicted molar refractivity (Wildman–Crippen MR) is 56.3 cm³/mol. The molecule has 1 atom stereocenters. The average Bonchev–Trinajstić information content (AvgIpc) is 2.16. The molecular formula is C10H12O4S. The third kappa shape index (κ3) is 1.87. The SMILES string of the molecule is CC(C(=O)O)(c1ccccc1)S(C)(=O)=O. The first-order valence-corrected chi connectivity index (χ1v) is 6.18. The summed E-state index contributed by atoms with van der Waals surface area (Å²) in [5, 5.41) is 9.04. The van der Waals surface area contributed by atoms with Crippen LogP contribution in [0.4, 0.5) is 0 Å². The molecule has 0 aromatic heterocycles. The van der Waals surface area contributed by atoms with E-state index in [-0.39, 0.29) is 5.56 Å². The lowest BCUT2D eigenvalue weighted by molar-refractivity contribution is -0.139. The molecule has 0 heterocycles. The minimum Gasteiger partial charge on any atom is -0.480 e. The van der Waals surface area contributed by atoms with Gasteiger partial charge in [-0.05, 0) is 12.5 Å². The molecule has 0 aliphatic heterocycles. The molecule has 1 rings (SSSR count). The number of aliphatic carboxylic acids is 1. The normalized spacial score (nSPS) is 15.6. The van der Waals surface area contributed by atoms with Gasteiger partial charge in [0, 0.05) is 6.26 Å². The van der Waals surface area contributed by atoms with Crippen LogP contribution < -0.4 is 0 Å². The van der Waals surface area contributed by atoms with E-state index in [1.54, 1.807) is 18.2 Å². The zero-order valence-electron chi connectivity index (χ0n) is 8.47. The number of sulfone groups is 1. The summed E-state index contributed by atoms with van der Waals surface area (Å²) in [5.41, 5.74) is 0.264. The van der Waals surface area contributed by atoms with Crippen LogP contribution in [0.5, 0.6) is 0 Å². The van der Waals surface area contributed by atoms with Crippen LogP contribution in [-0.4, -0.2) is 25.7 Å². The van der Waals surface area contributed by atoms with Crippen LogP contribution in [0.15, 0.2) is 30.3 Å². The highest BCUT2D eigenvalue weighted by Crippen LogP contribution is 2.29. The van der Waals surface area contributed by atoms with E-state index in [1.807, 2.05) is 0 Å². The summed E-state index contributed by atoms with van der Waals surface area (Å²) in [4.78, 5) is 11.1. The van der Waals surface area contributed by atoms with Gasteiger partial charge in [0.15, 0.2) is 14.6 Å². The van der Waals surface area contributed by atoms with Crippen molar-refractivity contribution < 1.29 is 18.3 Å². The lowest BCUT2D eigenvalue weighted by Gasteiger charge is -2.22. The molecule has 5 heteroatoms. The Morgan fingerprint density at radius 2 is 1.73 bits per heavy atom. The summed E-state index contributed by atoms with van der Waals surface area (Å²) in [7, 11) is -3.72. The highest BCUT2D eigenvalue weighted by molar-refractivity contribution is 7.92. The zero-order valence-corrected chi connectivity index (χ0v) is 9.28. The third-order valence-corrected chi connectivity index (χ3v) is 4.37. The lowest BCUT2D eigenvalue weighted by atomic mass is 10.0. The largest absolute Gasteiger partial charge is 0.480 e. The summed E-state index contributed by atoms with van der Waals surface area (Å²) >= 11 is 0. The van der Waals surface area contributed by atoms with Crippen molar-refractivity contribution in [1.82, 2.24) is 0 Å². The van der Waals surface area contributed by atoms with Crippen LogP contribution >= 0.6 is 0 Å². The second-order valence-electron chi connectivity index (χ2n) is 3.48. The van der Waals surface area contributed by atoms with Crippen molar-refractivity contribution in [3.8, 4) is 0 Å². The van der Waals surface area contributed by atoms with E-state index in [9.17, 15) is 13.2 Å². The molecule has 1 aromatic rings. The first kappa shape index (κ1) is 11.7. The Hall–Kier alpha value is -1.36. The second-order valence-corrected chi connectivity index (χ2v) is 5.84. The summed E-state index contributed by atoms with van der Waals surface area (Å²) < 4.78 is 21.1. The Morgan fingerprint density at radius 1 is 1.27 bits per heavy atom. The first-order valence-electron chi connectivity index (χ1n) is 4.28. The Morgan fingerprint density at radius 3 is 2.07 bits per heavy atom. The fourth-order valence-corrected chi connectivity index (χ4v) is 2.13. The molecule has 1 unspecified atom stereocenters. The van der Waals surface area contributed by atoms with Gasteiger partial charge in [-0.2, -0.15) is 0 Å². The van der Waals surface area contributed by atoms with Gasteiger partial charge in [-0.1, -0.05) is 30.3 Å². The van der Waals surface area contributed by atoms with Crippen molar-refractivity contribution in [3.63, 3.8) is 0 Å². The number of hydrogen-bond donors (Lipinski definition) is 1. The molecule has 1 aromatic carbocycles. The Labute approximate surface area is 88.5 Å². The fraction of sp³-hybridized carbons (Fsp3) is 0.300. The smallest absolute Gasteiger partial charge is 0.329 e. The van der Waals surface area contributed by atoms with E-state index >= 15 is 0 Å². The van der Waals surface area contributed by atoms with Crippen LogP contribution in [0.3, 0.4) is 0 Å². The van der Waals surface area contributed by atoms with Crippen molar-refractivity contribution in [2.75, 3.05) is 6.26 Å². The standard InChI is InChI=1S/C10H12O4S/c1-10(9(11)12,15(2,13)14)8-6-4-3-5-7-8/h3-7H,1-2H3,(H,11,12). The van der Waals surface area contributed by atoms with Gasteiger partial charge >= 0.3 is 5.97 Å². The van der Waals surface area contributed by atoms with Crippen LogP contribution in [0.2, 0.25) is 0 Å². The summed E-state index contributed by atoms with van der Waals surface area (Å²) in [6.07, 6.45) is 0.925. The molecule has 0 saturated heterocycles. The van der Waals surface area contributed by atoms with Crippen molar-refractivity contribution in [2.24, 2.45) is 0 Å². The number of carboxylic acids is 1. The molecule has 0 aliphatic carbocycles. The number of carboxylic acid groups (broad SMARTS) is 1. The number of rotatable bonds is 3. The molecule has 0 aliphatic rings. The Balaban J connectivity index is 3.46. The highest BCUT2D eigenvalue weighted by atomic mass is 32.2. The van der Waals surface area contributed by atoms with Crippen molar-refractivity contribution in [1.29, 1.82) is 0 Å². The van der Waals surface area contributed by atoms with Gasteiger partial charge in [0.25, 0.3) is 0 Å². The summed E-state index contributed by atoms with van der Waals surface area (Å²) in [5.74, 6) is -1.36. The minimum atomic E-state index is -3.72. The zero-order chi connectivity index (χ0) is 11.7. The monoisotopic (exact) mass is 228 g/mol. The van der Waals surface area contributed by atoms with E-state index in [0.29, 0.717) is 0 Å². The van der Waals surface area contributed by atoms with Crippen LogP contribution in [0.25, 0.3) is 0 Å². The van der Waals surface area contributed by atoms with Gasteiger partial charge in [-0.25, -0.2) is 8.42 Å². The molecule has 0 saturated carbocycles. The van der Waals surface area contributed by atoms with Gasteiger partial charge in [0.05, 0.1) is 0 Å². The van der Waals surface area contributed by atoms with E-state index in [4.69, 9.17) is 5.11 Å². The lowest BCUT2D eigenvalue weighted by Crippen LogP contribution is -2.40. The molecule has 82 valence electrons. The molecule has 4 nitrogen and oxygen atoms in total. The molecule has 0 bridgehead atoms. The maximum atomic E-state index is 11.5. The van der Waals surface area contributed by atoms with Crippen molar-refractivity contribution >= 4 is 15.8 Å². The maximum Gasteiger partial charge on any atom is 0.329 e. The molecule has 1 N–H and O–H groups in total. The number of hydrogen-bond acceptors (Lipinski definition) is 3. The highest BCUT2D eigenvalue weighted by Gasteiger charge is 2.45. The van der Waals surface area contributed by atoms with Crippen LogP contribution in [0, 0.1) is 0 Å². The molecule has 0 spiro atoms. The molecule has 15 heavy (non-hydrogen) atoms. The summed E-state index contributed by atoms with van der Waals surface area (Å²) in [6.45, 7) is 1.19. The predicted octanol–water partition coefficient (Wildman–Crippen LogP) is 1.03. The Bertz CT molecular complexity index is 463. The molecule has 0 fully saturated rings. The fourth-order valence-electron chi connectivity index (χ4n) is 1.25. The van der Waals surface area contributed by atoms with E-state index < -0.39 is 20.6 Å². The maximum absolute atomic E-state index is 11.5. The van der Waals surface area contributed by atoms with E-state index in [0.717, 1.165) is 6.26 Å². The van der Waals surface area contributed by atoms with E-state index in [1.165, 1.54) is 19.1 Å². The van der Waals surface area contributed by atoms with Gasteiger partial charge in [0.2, 0.25) is 0 Å². The van der Waals surface area contributed by atoms with Crippen LogP contribution in [-0.2, 0) is 19.4 Å².